The Hall–Kier alpha value is -1.40. The van der Waals surface area contributed by atoms with Crippen molar-refractivity contribution < 1.29 is 9.53 Å². The Morgan fingerprint density at radius 2 is 2.22 bits per heavy atom. The van der Waals surface area contributed by atoms with Gasteiger partial charge in [0.15, 0.2) is 0 Å². The van der Waals surface area contributed by atoms with E-state index in [1.807, 2.05) is 17.8 Å². The van der Waals surface area contributed by atoms with Crippen molar-refractivity contribution in [2.24, 2.45) is 13.0 Å². The maximum Gasteiger partial charge on any atom is 0.229 e. The van der Waals surface area contributed by atoms with Crippen LogP contribution in [0.15, 0.2) is 12.3 Å². The van der Waals surface area contributed by atoms with Gasteiger partial charge in [-0.15, -0.1) is 0 Å². The lowest BCUT2D eigenvalue weighted by molar-refractivity contribution is -0.143. The van der Waals surface area contributed by atoms with Crippen molar-refractivity contribution in [3.8, 4) is 0 Å². The largest absolute Gasteiger partial charge is 0.371 e. The van der Waals surface area contributed by atoms with Gasteiger partial charge in [-0.2, -0.15) is 5.10 Å². The van der Waals surface area contributed by atoms with Crippen LogP contribution >= 0.6 is 0 Å². The lowest BCUT2D eigenvalue weighted by atomic mass is 9.95. The summed E-state index contributed by atoms with van der Waals surface area (Å²) in [5.74, 6) is 0.202. The molecule has 3 aliphatic rings. The molecule has 4 heterocycles. The third-order valence-electron chi connectivity index (χ3n) is 5.78. The lowest BCUT2D eigenvalue weighted by Crippen LogP contribution is -2.58. The standard InChI is InChI=1S/C17H26N4O2/c1-12-10-20-8-3-4-13(20)11-21(12)17(22)14-6-9-23-16(14)15-5-7-18-19(15)2/h5,7,12-14,16H,3-4,6,8-11H2,1-2H3/t12-,13-,14-,16-/m1/s1. The Balaban J connectivity index is 1.52. The maximum absolute atomic E-state index is 13.2. The van der Waals surface area contributed by atoms with Crippen molar-refractivity contribution in [3.05, 3.63) is 18.0 Å². The number of ether oxygens (including phenoxy) is 1. The summed E-state index contributed by atoms with van der Waals surface area (Å²) >= 11 is 0. The zero-order chi connectivity index (χ0) is 16.0. The predicted molar refractivity (Wildman–Crippen MR) is 85.8 cm³/mol. The number of amides is 1. The Kier molecular flexibility index (Phi) is 3.89. The van der Waals surface area contributed by atoms with Gasteiger partial charge in [0, 0.05) is 45.0 Å². The quantitative estimate of drug-likeness (QED) is 0.822. The van der Waals surface area contributed by atoms with E-state index in [9.17, 15) is 4.79 Å². The van der Waals surface area contributed by atoms with E-state index in [4.69, 9.17) is 4.74 Å². The molecular weight excluding hydrogens is 292 g/mol. The van der Waals surface area contributed by atoms with E-state index in [1.165, 1.54) is 19.4 Å². The average Bonchev–Trinajstić information content (AvgIpc) is 3.24. The Morgan fingerprint density at radius 3 is 3.00 bits per heavy atom. The van der Waals surface area contributed by atoms with Crippen molar-refractivity contribution >= 4 is 5.91 Å². The molecule has 1 aromatic heterocycles. The molecule has 0 spiro atoms. The zero-order valence-electron chi connectivity index (χ0n) is 14.0. The molecule has 1 amide bonds. The van der Waals surface area contributed by atoms with E-state index in [2.05, 4.69) is 21.8 Å². The summed E-state index contributed by atoms with van der Waals surface area (Å²) in [6.07, 6.45) is 4.93. The minimum atomic E-state index is -0.149. The first-order valence-electron chi connectivity index (χ1n) is 8.79. The minimum absolute atomic E-state index is 0.0687. The van der Waals surface area contributed by atoms with E-state index in [0.29, 0.717) is 18.7 Å². The molecule has 0 aromatic carbocycles. The molecule has 4 rings (SSSR count). The van der Waals surface area contributed by atoms with Gasteiger partial charge in [-0.25, -0.2) is 0 Å². The highest BCUT2D eigenvalue weighted by Crippen LogP contribution is 2.37. The third-order valence-corrected chi connectivity index (χ3v) is 5.78. The molecule has 126 valence electrons. The van der Waals surface area contributed by atoms with Crippen LogP contribution in [0.4, 0.5) is 0 Å². The van der Waals surface area contributed by atoms with E-state index < -0.39 is 0 Å². The molecule has 4 atom stereocenters. The SMILES string of the molecule is C[C@@H]1CN2CCC[C@@H]2CN1C(=O)[C@@H]1CCO[C@H]1c1ccnn1C. The van der Waals surface area contributed by atoms with Crippen LogP contribution < -0.4 is 0 Å². The topological polar surface area (TPSA) is 50.6 Å². The predicted octanol–water partition coefficient (Wildman–Crippen LogP) is 1.19. The number of hydrogen-bond donors (Lipinski definition) is 0. The molecule has 6 nitrogen and oxygen atoms in total. The smallest absolute Gasteiger partial charge is 0.229 e. The summed E-state index contributed by atoms with van der Waals surface area (Å²) in [4.78, 5) is 17.9. The van der Waals surface area contributed by atoms with Crippen LogP contribution in [0.25, 0.3) is 0 Å². The number of carbonyl (C=O) groups excluding carboxylic acids is 1. The average molecular weight is 318 g/mol. The summed E-state index contributed by atoms with van der Waals surface area (Å²) in [6.45, 7) is 5.93. The van der Waals surface area contributed by atoms with Crippen molar-refractivity contribution in [1.82, 2.24) is 19.6 Å². The molecule has 1 aromatic rings. The van der Waals surface area contributed by atoms with E-state index in [-0.39, 0.29) is 17.9 Å². The van der Waals surface area contributed by atoms with Gasteiger partial charge in [0.05, 0.1) is 11.6 Å². The zero-order valence-corrected chi connectivity index (χ0v) is 14.0. The van der Waals surface area contributed by atoms with Gasteiger partial charge >= 0.3 is 0 Å². The molecule has 3 aliphatic heterocycles. The van der Waals surface area contributed by atoms with Crippen LogP contribution in [-0.4, -0.2) is 63.8 Å². The van der Waals surface area contributed by atoms with Gasteiger partial charge in [-0.1, -0.05) is 0 Å². The second-order valence-corrected chi connectivity index (χ2v) is 7.20. The minimum Gasteiger partial charge on any atom is -0.371 e. The third kappa shape index (κ3) is 2.58. The van der Waals surface area contributed by atoms with Gasteiger partial charge in [-0.05, 0) is 38.8 Å². The van der Waals surface area contributed by atoms with Crippen LogP contribution in [0.3, 0.4) is 0 Å². The highest BCUT2D eigenvalue weighted by atomic mass is 16.5. The molecule has 0 saturated carbocycles. The fraction of sp³-hybridized carbons (Fsp3) is 0.765. The molecule has 0 bridgehead atoms. The number of nitrogens with zero attached hydrogens (tertiary/aromatic N) is 4. The fourth-order valence-corrected chi connectivity index (χ4v) is 4.50. The van der Waals surface area contributed by atoms with Crippen LogP contribution in [0.5, 0.6) is 0 Å². The van der Waals surface area contributed by atoms with Crippen molar-refractivity contribution in [3.63, 3.8) is 0 Å². The van der Waals surface area contributed by atoms with Crippen LogP contribution in [0.2, 0.25) is 0 Å². The van der Waals surface area contributed by atoms with Crippen LogP contribution in [0, 0.1) is 5.92 Å². The second-order valence-electron chi connectivity index (χ2n) is 7.20. The molecule has 0 radical (unpaired) electrons. The van der Waals surface area contributed by atoms with Gasteiger partial charge in [0.25, 0.3) is 0 Å². The summed E-state index contributed by atoms with van der Waals surface area (Å²) in [7, 11) is 1.92. The summed E-state index contributed by atoms with van der Waals surface area (Å²) in [5.41, 5.74) is 1.01. The summed E-state index contributed by atoms with van der Waals surface area (Å²) in [5, 5.41) is 4.23. The molecule has 3 saturated heterocycles. The lowest BCUT2D eigenvalue weighted by Gasteiger charge is -2.43. The summed E-state index contributed by atoms with van der Waals surface area (Å²) < 4.78 is 7.73. The first-order chi connectivity index (χ1) is 11.1. The monoisotopic (exact) mass is 318 g/mol. The Bertz CT molecular complexity index is 587. The first-order valence-corrected chi connectivity index (χ1v) is 8.79. The number of hydrogen-bond acceptors (Lipinski definition) is 4. The number of rotatable bonds is 2. The Labute approximate surface area is 137 Å². The number of carbonyl (C=O) groups is 1. The van der Waals surface area contributed by atoms with Crippen LogP contribution in [0.1, 0.15) is 38.0 Å². The second kappa shape index (κ2) is 5.91. The first kappa shape index (κ1) is 15.1. The van der Waals surface area contributed by atoms with E-state index in [0.717, 1.165) is 25.2 Å². The maximum atomic E-state index is 13.2. The molecule has 23 heavy (non-hydrogen) atoms. The van der Waals surface area contributed by atoms with Crippen molar-refractivity contribution in [2.45, 2.75) is 44.4 Å². The van der Waals surface area contributed by atoms with Gasteiger partial charge < -0.3 is 9.64 Å². The van der Waals surface area contributed by atoms with E-state index >= 15 is 0 Å². The summed E-state index contributed by atoms with van der Waals surface area (Å²) in [6, 6.07) is 2.83. The molecule has 0 N–H and O–H groups in total. The van der Waals surface area contributed by atoms with Gasteiger partial charge in [0.2, 0.25) is 5.91 Å². The van der Waals surface area contributed by atoms with Crippen molar-refractivity contribution in [2.75, 3.05) is 26.2 Å². The van der Waals surface area contributed by atoms with Gasteiger partial charge in [-0.3, -0.25) is 14.4 Å². The molecule has 0 unspecified atom stereocenters. The number of fused-ring (bicyclic) bond motifs is 1. The van der Waals surface area contributed by atoms with Gasteiger partial charge in [0.1, 0.15) is 6.10 Å². The van der Waals surface area contributed by atoms with Crippen LogP contribution in [-0.2, 0) is 16.6 Å². The Morgan fingerprint density at radius 1 is 1.35 bits per heavy atom. The molecule has 6 heteroatoms. The van der Waals surface area contributed by atoms with E-state index in [1.54, 1.807) is 6.20 Å². The highest BCUT2D eigenvalue weighted by molar-refractivity contribution is 5.80. The normalized spacial score (nSPS) is 34.8. The highest BCUT2D eigenvalue weighted by Gasteiger charge is 2.43. The molecule has 0 aliphatic carbocycles. The fourth-order valence-electron chi connectivity index (χ4n) is 4.50. The number of aryl methyl sites for hydroxylation is 1. The number of aromatic nitrogens is 2. The van der Waals surface area contributed by atoms with Crippen molar-refractivity contribution in [1.29, 1.82) is 0 Å². The molecular formula is C17H26N4O2. The molecule has 3 fully saturated rings. The number of piperazine rings is 1.